The van der Waals surface area contributed by atoms with Crippen molar-refractivity contribution in [1.29, 1.82) is 0 Å². The molecule has 94 valence electrons. The third kappa shape index (κ3) is 1.99. The van der Waals surface area contributed by atoms with E-state index < -0.39 is 17.2 Å². The first-order valence-electron chi connectivity index (χ1n) is 5.54. The number of aromatic nitrogens is 1. The molecular formula is C13H12FNO3. The smallest absolute Gasteiger partial charge is 0.343 e. The van der Waals surface area contributed by atoms with Crippen molar-refractivity contribution >= 4 is 16.9 Å². The highest BCUT2D eigenvalue weighted by Crippen LogP contribution is 2.13. The monoisotopic (exact) mass is 249 g/mol. The largest absolute Gasteiger partial charge is 0.462 e. The van der Waals surface area contributed by atoms with E-state index in [-0.39, 0.29) is 17.6 Å². The van der Waals surface area contributed by atoms with Gasteiger partial charge in [-0.3, -0.25) is 4.79 Å². The Morgan fingerprint density at radius 1 is 1.44 bits per heavy atom. The van der Waals surface area contributed by atoms with Crippen LogP contribution in [0, 0.1) is 12.7 Å². The highest BCUT2D eigenvalue weighted by molar-refractivity contribution is 5.94. The Kier molecular flexibility index (Phi) is 3.14. The number of carbonyl (C=O) groups is 1. The molecule has 1 aromatic heterocycles. The Bertz CT molecular complexity index is 676. The van der Waals surface area contributed by atoms with E-state index in [0.29, 0.717) is 11.2 Å². The third-order valence-corrected chi connectivity index (χ3v) is 2.63. The van der Waals surface area contributed by atoms with Gasteiger partial charge in [0.25, 0.3) is 0 Å². The topological polar surface area (TPSA) is 59.2 Å². The van der Waals surface area contributed by atoms with Gasteiger partial charge in [0.2, 0.25) is 5.43 Å². The van der Waals surface area contributed by atoms with E-state index in [1.807, 2.05) is 0 Å². The van der Waals surface area contributed by atoms with Crippen molar-refractivity contribution in [3.05, 3.63) is 45.5 Å². The van der Waals surface area contributed by atoms with Crippen molar-refractivity contribution in [2.75, 3.05) is 6.61 Å². The first kappa shape index (κ1) is 12.3. The van der Waals surface area contributed by atoms with Gasteiger partial charge in [-0.05, 0) is 32.0 Å². The predicted octanol–water partition coefficient (Wildman–Crippen LogP) is 2.15. The lowest BCUT2D eigenvalue weighted by Crippen LogP contribution is -2.20. The van der Waals surface area contributed by atoms with Crippen LogP contribution in [-0.4, -0.2) is 17.6 Å². The minimum absolute atomic E-state index is 0.0741. The standard InChI is InChI=1S/C13H12FNO3/c1-3-18-13(17)11-7(2)15-10-5-4-8(14)6-9(10)12(11)16/h4-6H,3H2,1-2H3,(H,15,16). The normalized spacial score (nSPS) is 10.6. The molecule has 0 aliphatic rings. The maximum atomic E-state index is 13.1. The summed E-state index contributed by atoms with van der Waals surface area (Å²) in [6.07, 6.45) is 0. The number of carbonyl (C=O) groups excluding carboxylic acids is 1. The molecule has 2 rings (SSSR count). The van der Waals surface area contributed by atoms with Crippen molar-refractivity contribution in [2.45, 2.75) is 13.8 Å². The summed E-state index contributed by atoms with van der Waals surface area (Å²) in [6.45, 7) is 3.44. The Hall–Kier alpha value is -2.17. The number of rotatable bonds is 2. The molecule has 0 saturated heterocycles. The van der Waals surface area contributed by atoms with Crippen LogP contribution in [0.3, 0.4) is 0 Å². The molecule has 18 heavy (non-hydrogen) atoms. The lowest BCUT2D eigenvalue weighted by Gasteiger charge is -2.07. The highest BCUT2D eigenvalue weighted by Gasteiger charge is 2.17. The van der Waals surface area contributed by atoms with Crippen molar-refractivity contribution in [2.24, 2.45) is 0 Å². The lowest BCUT2D eigenvalue weighted by atomic mass is 10.1. The van der Waals surface area contributed by atoms with E-state index in [1.54, 1.807) is 13.8 Å². The summed E-state index contributed by atoms with van der Waals surface area (Å²) < 4.78 is 17.9. The molecule has 1 aromatic carbocycles. The van der Waals surface area contributed by atoms with Crippen LogP contribution in [0.15, 0.2) is 23.0 Å². The summed E-state index contributed by atoms with van der Waals surface area (Å²) in [4.78, 5) is 26.7. The SMILES string of the molecule is CCOC(=O)c1c(C)[nH]c2ccc(F)cc2c1=O. The lowest BCUT2D eigenvalue weighted by molar-refractivity contribution is 0.0523. The summed E-state index contributed by atoms with van der Waals surface area (Å²) in [5.41, 5.74) is 0.318. The number of halogens is 1. The van der Waals surface area contributed by atoms with Crippen molar-refractivity contribution < 1.29 is 13.9 Å². The number of nitrogens with one attached hydrogen (secondary N) is 1. The number of pyridine rings is 1. The Balaban J connectivity index is 2.75. The minimum atomic E-state index is -0.692. The summed E-state index contributed by atoms with van der Waals surface area (Å²) in [5, 5.41) is 0.142. The van der Waals surface area contributed by atoms with Crippen LogP contribution < -0.4 is 5.43 Å². The number of hydrogen-bond acceptors (Lipinski definition) is 3. The molecule has 0 aliphatic carbocycles. The Labute approximate surface area is 102 Å². The van der Waals surface area contributed by atoms with Gasteiger partial charge in [-0.2, -0.15) is 0 Å². The molecule has 5 heteroatoms. The van der Waals surface area contributed by atoms with E-state index in [2.05, 4.69) is 4.98 Å². The average molecular weight is 249 g/mol. The van der Waals surface area contributed by atoms with Gasteiger partial charge in [-0.15, -0.1) is 0 Å². The fourth-order valence-corrected chi connectivity index (χ4v) is 1.83. The number of fused-ring (bicyclic) bond motifs is 1. The summed E-state index contributed by atoms with van der Waals surface area (Å²) in [7, 11) is 0. The zero-order valence-electron chi connectivity index (χ0n) is 10.0. The molecule has 0 aliphatic heterocycles. The van der Waals surface area contributed by atoms with Gasteiger partial charge in [-0.25, -0.2) is 9.18 Å². The fraction of sp³-hybridized carbons (Fsp3) is 0.231. The fourth-order valence-electron chi connectivity index (χ4n) is 1.83. The number of esters is 1. The summed E-state index contributed by atoms with van der Waals surface area (Å²) in [6, 6.07) is 3.83. The molecule has 0 atom stereocenters. The van der Waals surface area contributed by atoms with E-state index in [0.717, 1.165) is 6.07 Å². The number of aryl methyl sites for hydroxylation is 1. The second-order valence-electron chi connectivity index (χ2n) is 3.86. The number of ether oxygens (including phenoxy) is 1. The van der Waals surface area contributed by atoms with Crippen molar-refractivity contribution in [1.82, 2.24) is 4.98 Å². The molecule has 4 nitrogen and oxygen atoms in total. The zero-order valence-corrected chi connectivity index (χ0v) is 10.0. The molecular weight excluding hydrogens is 237 g/mol. The van der Waals surface area contributed by atoms with Crippen LogP contribution in [0.25, 0.3) is 10.9 Å². The molecule has 0 radical (unpaired) electrons. The van der Waals surface area contributed by atoms with Gasteiger partial charge in [0.15, 0.2) is 0 Å². The van der Waals surface area contributed by atoms with Gasteiger partial charge in [-0.1, -0.05) is 0 Å². The molecule has 1 N–H and O–H groups in total. The van der Waals surface area contributed by atoms with Gasteiger partial charge in [0.05, 0.1) is 6.61 Å². The number of aromatic amines is 1. The molecule has 0 fully saturated rings. The van der Waals surface area contributed by atoms with Crippen LogP contribution >= 0.6 is 0 Å². The Morgan fingerprint density at radius 3 is 2.83 bits per heavy atom. The van der Waals surface area contributed by atoms with Gasteiger partial charge < -0.3 is 9.72 Å². The molecule has 0 unspecified atom stereocenters. The average Bonchev–Trinajstić information content (AvgIpc) is 2.31. The molecule has 0 saturated carbocycles. The quantitative estimate of drug-likeness (QED) is 0.829. The third-order valence-electron chi connectivity index (χ3n) is 2.63. The maximum Gasteiger partial charge on any atom is 0.343 e. The van der Waals surface area contributed by atoms with E-state index in [4.69, 9.17) is 4.74 Å². The van der Waals surface area contributed by atoms with E-state index in [9.17, 15) is 14.0 Å². The second-order valence-corrected chi connectivity index (χ2v) is 3.86. The van der Waals surface area contributed by atoms with Gasteiger partial charge in [0, 0.05) is 16.6 Å². The molecule has 0 amide bonds. The first-order chi connectivity index (χ1) is 8.54. The number of hydrogen-bond donors (Lipinski definition) is 1. The van der Waals surface area contributed by atoms with Crippen LogP contribution in [0.4, 0.5) is 4.39 Å². The summed E-state index contributed by atoms with van der Waals surface area (Å²) >= 11 is 0. The summed E-state index contributed by atoms with van der Waals surface area (Å²) in [5.74, 6) is -1.21. The number of H-pyrrole nitrogens is 1. The van der Waals surface area contributed by atoms with Crippen LogP contribution in [0.1, 0.15) is 23.0 Å². The second kappa shape index (κ2) is 4.60. The molecule has 1 heterocycles. The van der Waals surface area contributed by atoms with Gasteiger partial charge >= 0.3 is 5.97 Å². The van der Waals surface area contributed by atoms with Crippen LogP contribution in [0.2, 0.25) is 0 Å². The predicted molar refractivity (Wildman–Crippen MR) is 65.2 cm³/mol. The van der Waals surface area contributed by atoms with Gasteiger partial charge in [0.1, 0.15) is 11.4 Å². The van der Waals surface area contributed by atoms with Crippen LogP contribution in [0.5, 0.6) is 0 Å². The van der Waals surface area contributed by atoms with E-state index in [1.165, 1.54) is 12.1 Å². The minimum Gasteiger partial charge on any atom is -0.462 e. The maximum absolute atomic E-state index is 13.1. The van der Waals surface area contributed by atoms with Crippen molar-refractivity contribution in [3.63, 3.8) is 0 Å². The Morgan fingerprint density at radius 2 is 2.17 bits per heavy atom. The van der Waals surface area contributed by atoms with Crippen LogP contribution in [-0.2, 0) is 4.74 Å². The molecule has 0 spiro atoms. The number of benzene rings is 1. The first-order valence-corrected chi connectivity index (χ1v) is 5.54. The highest BCUT2D eigenvalue weighted by atomic mass is 19.1. The zero-order chi connectivity index (χ0) is 13.3. The molecule has 0 bridgehead atoms. The molecule has 2 aromatic rings. The van der Waals surface area contributed by atoms with E-state index >= 15 is 0 Å². The van der Waals surface area contributed by atoms with Crippen molar-refractivity contribution in [3.8, 4) is 0 Å².